The van der Waals surface area contributed by atoms with Crippen molar-refractivity contribution in [2.45, 2.75) is 103 Å². The summed E-state index contributed by atoms with van der Waals surface area (Å²) in [4.78, 5) is 11.0. The molecule has 0 aliphatic heterocycles. The Kier molecular flexibility index (Phi) is 14.4. The Labute approximate surface area is 171 Å². The first kappa shape index (κ1) is 26.0. The van der Waals surface area contributed by atoms with Crippen molar-refractivity contribution in [3.05, 3.63) is 0 Å². The maximum Gasteiger partial charge on any atom is 0.303 e. The molecule has 0 saturated carbocycles. The summed E-state index contributed by atoms with van der Waals surface area (Å²) in [5.41, 5.74) is -1.47. The van der Waals surface area contributed by atoms with Crippen molar-refractivity contribution in [2.75, 3.05) is 0 Å². The third-order valence-electron chi connectivity index (χ3n) is 4.63. The van der Waals surface area contributed by atoms with Crippen molar-refractivity contribution >= 4 is 34.4 Å². The molecule has 2 unspecified atom stereocenters. The van der Waals surface area contributed by atoms with E-state index >= 15 is 0 Å². The second-order valence-corrected chi connectivity index (χ2v) is 8.39. The summed E-state index contributed by atoms with van der Waals surface area (Å²) in [6.45, 7) is 3.62. The maximum absolute atomic E-state index is 11.6. The molecule has 0 aromatic rings. The molecule has 0 amide bonds. The molecule has 0 saturated heterocycles. The molecule has 0 fully saturated rings. The van der Waals surface area contributed by atoms with Gasteiger partial charge in [-0.25, -0.2) is 0 Å². The topological polar surface area (TPSA) is 104 Å². The smallest absolute Gasteiger partial charge is 0.303 e. The molecular formula is C19H33N2O4S2-. The minimum absolute atomic E-state index is 0.106. The number of hydrogen-bond acceptors (Lipinski definition) is 5. The van der Waals surface area contributed by atoms with E-state index < -0.39 is 22.8 Å². The zero-order valence-electron chi connectivity index (χ0n) is 16.6. The van der Waals surface area contributed by atoms with Gasteiger partial charge in [0, 0.05) is 17.7 Å². The molecular weight excluding hydrogens is 384 g/mol. The average Bonchev–Trinajstić information content (AvgIpc) is 2.61. The summed E-state index contributed by atoms with van der Waals surface area (Å²) < 4.78 is 24.1. The molecule has 0 aliphatic rings. The largest absolute Gasteiger partial charge is 0.755 e. The van der Waals surface area contributed by atoms with Gasteiger partial charge in [0.05, 0.1) is 11.1 Å². The number of thiocarbonyl (C=S) groups is 1. The summed E-state index contributed by atoms with van der Waals surface area (Å²) in [5.74, 6) is -1.08. The molecule has 0 bridgehead atoms. The van der Waals surface area contributed by atoms with Crippen LogP contribution in [0.15, 0.2) is 0 Å². The molecule has 0 spiro atoms. The first-order valence-corrected chi connectivity index (χ1v) is 11.3. The summed E-state index contributed by atoms with van der Waals surface area (Å²) in [5, 5.41) is 18.2. The number of carboxylic acids is 1. The van der Waals surface area contributed by atoms with E-state index in [4.69, 9.17) is 17.3 Å². The Morgan fingerprint density at radius 1 is 1.11 bits per heavy atom. The lowest BCUT2D eigenvalue weighted by Gasteiger charge is -2.38. The highest BCUT2D eigenvalue weighted by Crippen LogP contribution is 2.25. The van der Waals surface area contributed by atoms with Gasteiger partial charge in [-0.2, -0.15) is 5.26 Å². The highest BCUT2D eigenvalue weighted by molar-refractivity contribution is 7.83. The quantitative estimate of drug-likeness (QED) is 0.218. The van der Waals surface area contributed by atoms with Crippen LogP contribution in [0.2, 0.25) is 0 Å². The number of nitriles is 1. The Hall–Kier alpha value is -1.04. The Morgan fingerprint density at radius 2 is 1.59 bits per heavy atom. The SMILES string of the molecule is CCCCCCCCCCCCC(=S)N(S(=O)[O-])C(C)(C#N)CCC(=O)O. The van der Waals surface area contributed by atoms with Crippen LogP contribution in [0.25, 0.3) is 0 Å². The van der Waals surface area contributed by atoms with Crippen LogP contribution in [-0.2, 0) is 16.1 Å². The molecule has 0 heterocycles. The lowest BCUT2D eigenvalue weighted by atomic mass is 9.97. The van der Waals surface area contributed by atoms with E-state index in [-0.39, 0.29) is 17.8 Å². The zero-order chi connectivity index (χ0) is 20.7. The van der Waals surface area contributed by atoms with Crippen LogP contribution in [0.3, 0.4) is 0 Å². The van der Waals surface area contributed by atoms with Crippen LogP contribution in [0.5, 0.6) is 0 Å². The predicted octanol–water partition coefficient (Wildman–Crippen LogP) is 4.87. The van der Waals surface area contributed by atoms with Crippen molar-refractivity contribution in [3.8, 4) is 6.07 Å². The minimum Gasteiger partial charge on any atom is -0.755 e. The number of rotatable bonds is 16. The summed E-state index contributed by atoms with van der Waals surface area (Å²) in [6.07, 6.45) is 11.7. The number of aliphatic carboxylic acids is 1. The second kappa shape index (κ2) is 14.9. The van der Waals surface area contributed by atoms with Gasteiger partial charge in [-0.3, -0.25) is 13.3 Å². The fourth-order valence-corrected chi connectivity index (χ4v) is 4.19. The van der Waals surface area contributed by atoms with Crippen LogP contribution in [0, 0.1) is 11.3 Å². The van der Waals surface area contributed by atoms with E-state index in [1.807, 2.05) is 6.07 Å². The van der Waals surface area contributed by atoms with Crippen molar-refractivity contribution in [2.24, 2.45) is 0 Å². The Morgan fingerprint density at radius 3 is 2.00 bits per heavy atom. The number of nitrogens with zero attached hydrogens (tertiary/aromatic N) is 2. The van der Waals surface area contributed by atoms with Gasteiger partial charge in [-0.05, 0) is 26.2 Å². The highest BCUT2D eigenvalue weighted by Gasteiger charge is 2.35. The monoisotopic (exact) mass is 417 g/mol. The Bertz CT molecular complexity index is 522. The molecule has 1 N–H and O–H groups in total. The fourth-order valence-electron chi connectivity index (χ4n) is 2.94. The number of carboxylic acid groups (broad SMARTS) is 1. The van der Waals surface area contributed by atoms with Crippen LogP contribution in [-0.4, -0.2) is 34.7 Å². The molecule has 0 radical (unpaired) electrons. The van der Waals surface area contributed by atoms with Crippen LogP contribution in [0.4, 0.5) is 0 Å². The summed E-state index contributed by atoms with van der Waals surface area (Å²) >= 11 is 2.54. The Balaban J connectivity index is 4.28. The maximum atomic E-state index is 11.6. The average molecular weight is 418 g/mol. The number of hydrogen-bond donors (Lipinski definition) is 1. The molecule has 8 heteroatoms. The van der Waals surface area contributed by atoms with Gasteiger partial charge in [0.15, 0.2) is 0 Å². The van der Waals surface area contributed by atoms with Crippen LogP contribution >= 0.6 is 12.2 Å². The van der Waals surface area contributed by atoms with Gasteiger partial charge >= 0.3 is 5.97 Å². The lowest BCUT2D eigenvalue weighted by molar-refractivity contribution is -0.137. The molecule has 0 aromatic carbocycles. The molecule has 27 heavy (non-hydrogen) atoms. The summed E-state index contributed by atoms with van der Waals surface area (Å²) in [6, 6.07) is 1.92. The van der Waals surface area contributed by atoms with Gasteiger partial charge < -0.3 is 9.66 Å². The third-order valence-corrected chi connectivity index (χ3v) is 6.06. The standard InChI is InChI=1S/C19H34N2O4S2/c1-3-4-5-6-7-8-9-10-11-12-13-17(26)21(27(24)25)19(2,16-20)15-14-18(22)23/h3-15H2,1-2H3,(H,22,23)(H,24,25)/p-1. The van der Waals surface area contributed by atoms with Gasteiger partial charge in [0.1, 0.15) is 5.54 Å². The number of unbranched alkanes of at least 4 members (excludes halogenated alkanes) is 9. The van der Waals surface area contributed by atoms with Crippen molar-refractivity contribution < 1.29 is 18.7 Å². The van der Waals surface area contributed by atoms with Crippen molar-refractivity contribution in [1.82, 2.24) is 4.31 Å². The molecule has 0 aliphatic carbocycles. The summed E-state index contributed by atoms with van der Waals surface area (Å²) in [7, 11) is 0. The second-order valence-electron chi connectivity index (χ2n) is 7.12. The van der Waals surface area contributed by atoms with Gasteiger partial charge in [0.25, 0.3) is 0 Å². The molecule has 0 rings (SSSR count). The van der Waals surface area contributed by atoms with E-state index in [1.54, 1.807) is 0 Å². The first-order chi connectivity index (χ1) is 12.8. The van der Waals surface area contributed by atoms with Gasteiger partial charge in [-0.15, -0.1) is 0 Å². The van der Waals surface area contributed by atoms with E-state index in [0.29, 0.717) is 6.42 Å². The molecule has 2 atom stereocenters. The number of carbonyl (C=O) groups is 1. The van der Waals surface area contributed by atoms with Crippen LogP contribution < -0.4 is 0 Å². The minimum atomic E-state index is -2.71. The normalized spacial score (nSPS) is 14.1. The van der Waals surface area contributed by atoms with E-state index in [9.17, 15) is 18.8 Å². The molecule has 0 aromatic heterocycles. The van der Waals surface area contributed by atoms with Crippen LogP contribution in [0.1, 0.15) is 97.3 Å². The highest BCUT2D eigenvalue weighted by atomic mass is 32.2. The van der Waals surface area contributed by atoms with E-state index in [0.717, 1.165) is 23.6 Å². The van der Waals surface area contributed by atoms with Gasteiger partial charge in [0.2, 0.25) is 0 Å². The van der Waals surface area contributed by atoms with E-state index in [2.05, 4.69) is 6.92 Å². The third kappa shape index (κ3) is 11.4. The first-order valence-electron chi connectivity index (χ1n) is 9.84. The molecule has 6 nitrogen and oxygen atoms in total. The fraction of sp³-hybridized carbons (Fsp3) is 0.842. The van der Waals surface area contributed by atoms with E-state index in [1.165, 1.54) is 51.9 Å². The van der Waals surface area contributed by atoms with Crippen molar-refractivity contribution in [1.29, 1.82) is 5.26 Å². The van der Waals surface area contributed by atoms with Crippen molar-refractivity contribution in [3.63, 3.8) is 0 Å². The van der Waals surface area contributed by atoms with Gasteiger partial charge in [-0.1, -0.05) is 76.9 Å². The predicted molar refractivity (Wildman–Crippen MR) is 111 cm³/mol. The molecule has 156 valence electrons. The zero-order valence-corrected chi connectivity index (χ0v) is 18.2. The lowest BCUT2D eigenvalue weighted by Crippen LogP contribution is -2.49.